The lowest BCUT2D eigenvalue weighted by Crippen LogP contribution is -2.41. The topological polar surface area (TPSA) is 139 Å². The molecule has 2 aromatic carbocycles. The number of esters is 1. The van der Waals surface area contributed by atoms with E-state index < -0.39 is 18.0 Å². The summed E-state index contributed by atoms with van der Waals surface area (Å²) in [4.78, 5) is 59.0. The molecule has 8 rings (SSSR count). The number of aromatic amines is 1. The number of nitrogens with one attached hydrogen (secondary N) is 2. The average Bonchev–Trinajstić information content (AvgIpc) is 4.13. The number of aliphatic imine (C=N–C) groups is 1. The molecular weight excluding hydrogens is 749 g/mol. The molecule has 1 saturated heterocycles. The van der Waals surface area contributed by atoms with E-state index in [1.165, 1.54) is 19.1 Å². The summed E-state index contributed by atoms with van der Waals surface area (Å²) in [5.41, 5.74) is 8.68. The van der Waals surface area contributed by atoms with Gasteiger partial charge in [-0.3, -0.25) is 19.4 Å². The van der Waals surface area contributed by atoms with Crippen molar-refractivity contribution in [2.45, 2.75) is 75.6 Å². The van der Waals surface area contributed by atoms with Gasteiger partial charge in [-0.25, -0.2) is 9.97 Å². The number of imidazole rings is 1. The molecule has 0 radical (unpaired) electrons. The van der Waals surface area contributed by atoms with Gasteiger partial charge >= 0.3 is 5.97 Å². The van der Waals surface area contributed by atoms with Gasteiger partial charge in [0.2, 0.25) is 11.8 Å². The van der Waals surface area contributed by atoms with E-state index >= 15 is 0 Å². The number of allylic oxidation sites excluding steroid dienone is 1. The first-order valence-corrected chi connectivity index (χ1v) is 21.7. The molecule has 2 bridgehead atoms. The summed E-state index contributed by atoms with van der Waals surface area (Å²) in [6.07, 6.45) is 13.0. The molecule has 2 N–H and O–H groups in total. The fourth-order valence-corrected chi connectivity index (χ4v) is 10.4. The fourth-order valence-electron chi connectivity index (χ4n) is 9.80. The second-order valence-corrected chi connectivity index (χ2v) is 16.9. The summed E-state index contributed by atoms with van der Waals surface area (Å²) >= 11 is 1.61. The minimum Gasteiger partial charge on any atom is -0.469 e. The number of H-pyrrole nitrogens is 1. The zero-order valence-corrected chi connectivity index (χ0v) is 34.5. The summed E-state index contributed by atoms with van der Waals surface area (Å²) < 4.78 is 10.3. The summed E-state index contributed by atoms with van der Waals surface area (Å²) in [5, 5.41) is 4.22. The lowest BCUT2D eigenvalue weighted by molar-refractivity contribution is -0.151. The third kappa shape index (κ3) is 8.01. The molecule has 0 spiro atoms. The van der Waals surface area contributed by atoms with Crippen LogP contribution in [-0.2, 0) is 30.4 Å². The van der Waals surface area contributed by atoms with Crippen molar-refractivity contribution in [1.29, 1.82) is 0 Å². The number of carbonyl (C=O) groups is 3. The van der Waals surface area contributed by atoms with Crippen LogP contribution in [0.3, 0.4) is 0 Å². The summed E-state index contributed by atoms with van der Waals surface area (Å²) in [6, 6.07) is 20.9. The maximum atomic E-state index is 13.7. The monoisotopic (exact) mass is 800 g/mol. The van der Waals surface area contributed by atoms with Gasteiger partial charge in [-0.1, -0.05) is 54.6 Å². The number of carbonyl (C=O) groups excluding carboxylic acids is 3. The first-order chi connectivity index (χ1) is 28.3. The molecule has 2 aliphatic heterocycles. The molecule has 4 aliphatic rings. The largest absolute Gasteiger partial charge is 0.469 e. The van der Waals surface area contributed by atoms with Crippen molar-refractivity contribution in [3.05, 3.63) is 96.2 Å². The van der Waals surface area contributed by atoms with Gasteiger partial charge < -0.3 is 24.7 Å². The first kappa shape index (κ1) is 39.7. The predicted molar refractivity (Wildman–Crippen MR) is 225 cm³/mol. The summed E-state index contributed by atoms with van der Waals surface area (Å²) in [5.74, 6) is 0.820. The number of rotatable bonds is 14. The molecule has 3 unspecified atom stereocenters. The van der Waals surface area contributed by atoms with E-state index in [2.05, 4.69) is 63.8 Å². The van der Waals surface area contributed by atoms with Crippen LogP contribution in [0.4, 0.5) is 0 Å². The molecule has 2 amide bonds. The Morgan fingerprint density at radius 3 is 2.40 bits per heavy atom. The summed E-state index contributed by atoms with van der Waals surface area (Å²) in [6.45, 7) is 2.90. The normalized spacial score (nSPS) is 23.4. The predicted octanol–water partition coefficient (Wildman–Crippen LogP) is 7.90. The van der Waals surface area contributed by atoms with E-state index in [4.69, 9.17) is 19.5 Å². The highest BCUT2D eigenvalue weighted by atomic mass is 32.2. The van der Waals surface area contributed by atoms with Gasteiger partial charge in [-0.05, 0) is 91.0 Å². The van der Waals surface area contributed by atoms with Crippen molar-refractivity contribution in [2.75, 3.05) is 27.0 Å². The maximum absolute atomic E-state index is 13.7. The number of aromatic nitrogens is 3. The number of amides is 2. The van der Waals surface area contributed by atoms with E-state index in [0.717, 1.165) is 82.2 Å². The second-order valence-electron chi connectivity index (χ2n) is 16.1. The third-order valence-electron chi connectivity index (χ3n) is 13.0. The number of hydrogen-bond acceptors (Lipinski definition) is 9. The van der Waals surface area contributed by atoms with Crippen LogP contribution in [0.2, 0.25) is 0 Å². The molecular formula is C46H52N6O5S. The van der Waals surface area contributed by atoms with E-state index in [-0.39, 0.29) is 36.1 Å². The Morgan fingerprint density at radius 2 is 1.67 bits per heavy atom. The standard InChI is InChI=1S/C46H52N6O5S/c1-27(56-2)36(23-40(53)57-3)46(55)52-20-6-8-39(52)43-49-26-38(51-43)31-15-13-29(14-16-31)28-9-11-30(12-10-28)35-22-37(48-25-35)41-32-17-18-33(21-32)42(41)44(54)50-24-34-7-5-19-47-45(34)58-4/h5,7,9-16,19,25-27,32-33,36,39,41-42H,6,8,17-18,20-24H2,1-4H3,(H,49,51)(H,50,54)/t27-,32?,33?,36+,39+,41?,42-/m1/s1. The van der Waals surface area contributed by atoms with Crippen molar-refractivity contribution in [3.8, 4) is 22.4 Å². The van der Waals surface area contributed by atoms with Crippen molar-refractivity contribution in [1.82, 2.24) is 25.2 Å². The maximum Gasteiger partial charge on any atom is 0.306 e. The number of nitrogens with zero attached hydrogens (tertiary/aromatic N) is 4. The van der Waals surface area contributed by atoms with Crippen LogP contribution in [0.25, 0.3) is 28.0 Å². The van der Waals surface area contributed by atoms with Gasteiger partial charge in [0, 0.05) is 62.1 Å². The SMILES string of the molecule is COC(=O)C[C@H](C(=O)N1CCC[C@H]1c1ncc(-c2ccc(-c3ccc(C4=CN=C(C5C6CCC(C6)[C@H]5C(=O)NCc5cccnc5SC)C4)cc3)cc2)[nH]1)[C@@H](C)OC. The van der Waals surface area contributed by atoms with Gasteiger partial charge in [-0.15, -0.1) is 11.8 Å². The molecule has 4 heterocycles. The lowest BCUT2D eigenvalue weighted by Gasteiger charge is -2.30. The van der Waals surface area contributed by atoms with Crippen LogP contribution in [0.1, 0.15) is 74.9 Å². The summed E-state index contributed by atoms with van der Waals surface area (Å²) in [7, 11) is 2.88. The van der Waals surface area contributed by atoms with Gasteiger partial charge in [0.05, 0.1) is 43.5 Å². The highest BCUT2D eigenvalue weighted by molar-refractivity contribution is 7.98. The molecule has 2 aromatic heterocycles. The number of likely N-dealkylation sites (tertiary alicyclic amines) is 1. The smallest absolute Gasteiger partial charge is 0.306 e. The van der Waals surface area contributed by atoms with Crippen LogP contribution in [-0.4, -0.2) is 76.5 Å². The van der Waals surface area contributed by atoms with Gasteiger partial charge in [0.15, 0.2) is 0 Å². The van der Waals surface area contributed by atoms with Crippen LogP contribution in [0, 0.1) is 29.6 Å². The lowest BCUT2D eigenvalue weighted by atomic mass is 9.75. The fraction of sp³-hybridized carbons (Fsp3) is 0.435. The zero-order chi connectivity index (χ0) is 40.3. The van der Waals surface area contributed by atoms with E-state index in [0.29, 0.717) is 24.9 Å². The Bertz CT molecular complexity index is 2200. The number of hydrogen-bond donors (Lipinski definition) is 2. The van der Waals surface area contributed by atoms with Gasteiger partial charge in [-0.2, -0.15) is 0 Å². The van der Waals surface area contributed by atoms with Gasteiger partial charge in [0.25, 0.3) is 0 Å². The van der Waals surface area contributed by atoms with Crippen molar-refractivity contribution in [2.24, 2.45) is 34.6 Å². The highest BCUT2D eigenvalue weighted by Crippen LogP contribution is 2.54. The number of thioether (sulfide) groups is 1. The molecule has 3 fully saturated rings. The minimum absolute atomic E-state index is 0.0259. The van der Waals surface area contributed by atoms with Crippen molar-refractivity contribution < 1.29 is 23.9 Å². The number of pyridine rings is 1. The molecule has 2 aliphatic carbocycles. The Kier molecular flexibility index (Phi) is 11.9. The Balaban J connectivity index is 0.888. The first-order valence-electron chi connectivity index (χ1n) is 20.4. The zero-order valence-electron chi connectivity index (χ0n) is 33.6. The average molecular weight is 801 g/mol. The van der Waals surface area contributed by atoms with Crippen LogP contribution < -0.4 is 5.32 Å². The molecule has 11 nitrogen and oxygen atoms in total. The Morgan fingerprint density at radius 1 is 0.948 bits per heavy atom. The number of fused-ring (bicyclic) bond motifs is 2. The number of benzene rings is 2. The molecule has 7 atom stereocenters. The van der Waals surface area contributed by atoms with Crippen LogP contribution in [0.15, 0.2) is 89.3 Å². The molecule has 302 valence electrons. The molecule has 12 heteroatoms. The third-order valence-corrected chi connectivity index (χ3v) is 13.7. The Labute approximate surface area is 344 Å². The molecule has 4 aromatic rings. The minimum atomic E-state index is -0.632. The number of methoxy groups -OCH3 is 2. The van der Waals surface area contributed by atoms with E-state index in [9.17, 15) is 14.4 Å². The van der Waals surface area contributed by atoms with E-state index in [1.807, 2.05) is 42.6 Å². The highest BCUT2D eigenvalue weighted by Gasteiger charge is 2.52. The van der Waals surface area contributed by atoms with Crippen molar-refractivity contribution >= 4 is 40.8 Å². The van der Waals surface area contributed by atoms with Crippen LogP contribution in [0.5, 0.6) is 0 Å². The van der Waals surface area contributed by atoms with Crippen LogP contribution >= 0.6 is 11.8 Å². The Hall–Kier alpha value is -5.07. The molecule has 2 saturated carbocycles. The van der Waals surface area contributed by atoms with E-state index in [1.54, 1.807) is 25.1 Å². The van der Waals surface area contributed by atoms with Crippen molar-refractivity contribution in [3.63, 3.8) is 0 Å². The van der Waals surface area contributed by atoms with Gasteiger partial charge in [0.1, 0.15) is 10.9 Å². The quantitative estimate of drug-likeness (QED) is 0.0970. The second kappa shape index (κ2) is 17.4. The molecule has 58 heavy (non-hydrogen) atoms. The number of ether oxygens (including phenoxy) is 2.